The number of hydrogen-bond acceptors (Lipinski definition) is 4. The van der Waals surface area contributed by atoms with Crippen LogP contribution < -0.4 is 14.8 Å². The smallest absolute Gasteiger partial charge is 0.165 e. The molecule has 0 saturated heterocycles. The van der Waals surface area contributed by atoms with Crippen molar-refractivity contribution in [2.75, 3.05) is 34.5 Å². The maximum atomic E-state index is 6.06. The minimum atomic E-state index is 0.637. The summed E-state index contributed by atoms with van der Waals surface area (Å²) in [6, 6.07) is 3.66. The zero-order valence-electron chi connectivity index (χ0n) is 11.8. The van der Waals surface area contributed by atoms with Crippen molar-refractivity contribution in [3.63, 3.8) is 0 Å². The summed E-state index contributed by atoms with van der Waals surface area (Å²) in [5, 5.41) is 3.75. The lowest BCUT2D eigenvalue weighted by molar-refractivity contribution is 0.183. The monoisotopic (exact) mass is 287 g/mol. The SMILES string of the molecule is CNCc1cc(Cl)cc(OC)c1OCCCCOC. The zero-order valence-corrected chi connectivity index (χ0v) is 12.5. The van der Waals surface area contributed by atoms with Crippen LogP contribution in [0.5, 0.6) is 11.5 Å². The number of benzene rings is 1. The number of methoxy groups -OCH3 is 2. The molecule has 0 spiro atoms. The molecule has 5 heteroatoms. The molecule has 0 radical (unpaired) electrons. The standard InChI is InChI=1S/C14H22ClNO3/c1-16-10-11-8-12(15)9-13(18-3)14(11)19-7-5-4-6-17-2/h8-9,16H,4-7,10H2,1-3H3. The van der Waals surface area contributed by atoms with Crippen molar-refractivity contribution in [1.82, 2.24) is 5.32 Å². The summed E-state index contributed by atoms with van der Waals surface area (Å²) in [5.41, 5.74) is 0.999. The van der Waals surface area contributed by atoms with Gasteiger partial charge in [0.1, 0.15) is 0 Å². The third kappa shape index (κ3) is 5.27. The Kier molecular flexibility index (Phi) is 7.63. The van der Waals surface area contributed by atoms with E-state index in [-0.39, 0.29) is 0 Å². The normalized spacial score (nSPS) is 10.5. The Bertz CT molecular complexity index is 385. The van der Waals surface area contributed by atoms with Gasteiger partial charge in [0.15, 0.2) is 11.5 Å². The summed E-state index contributed by atoms with van der Waals surface area (Å²) < 4.78 is 16.2. The van der Waals surface area contributed by atoms with E-state index in [1.54, 1.807) is 20.3 Å². The molecule has 0 amide bonds. The number of hydrogen-bond donors (Lipinski definition) is 1. The van der Waals surface area contributed by atoms with E-state index in [9.17, 15) is 0 Å². The molecule has 0 aromatic heterocycles. The molecule has 4 nitrogen and oxygen atoms in total. The van der Waals surface area contributed by atoms with Crippen LogP contribution in [0.4, 0.5) is 0 Å². The molecule has 0 aliphatic heterocycles. The third-order valence-corrected chi connectivity index (χ3v) is 2.89. The first-order valence-electron chi connectivity index (χ1n) is 6.35. The van der Waals surface area contributed by atoms with Gasteiger partial charge in [-0.25, -0.2) is 0 Å². The van der Waals surface area contributed by atoms with Crippen LogP contribution in [0.25, 0.3) is 0 Å². The Morgan fingerprint density at radius 2 is 1.89 bits per heavy atom. The second-order valence-corrected chi connectivity index (χ2v) is 4.61. The molecule has 0 saturated carbocycles. The molecule has 1 rings (SSSR count). The van der Waals surface area contributed by atoms with Crippen LogP contribution in [0.2, 0.25) is 5.02 Å². The van der Waals surface area contributed by atoms with E-state index in [1.807, 2.05) is 13.1 Å². The van der Waals surface area contributed by atoms with E-state index in [0.717, 1.165) is 30.8 Å². The highest BCUT2D eigenvalue weighted by Crippen LogP contribution is 2.34. The van der Waals surface area contributed by atoms with Crippen molar-refractivity contribution < 1.29 is 14.2 Å². The molecule has 0 fully saturated rings. The highest BCUT2D eigenvalue weighted by molar-refractivity contribution is 6.30. The minimum absolute atomic E-state index is 0.637. The number of ether oxygens (including phenoxy) is 3. The van der Waals surface area contributed by atoms with Gasteiger partial charge < -0.3 is 19.5 Å². The fraction of sp³-hybridized carbons (Fsp3) is 0.571. The van der Waals surface area contributed by atoms with Crippen molar-refractivity contribution in [3.8, 4) is 11.5 Å². The van der Waals surface area contributed by atoms with Gasteiger partial charge in [-0.1, -0.05) is 11.6 Å². The van der Waals surface area contributed by atoms with Crippen LogP contribution >= 0.6 is 11.6 Å². The molecule has 0 unspecified atom stereocenters. The first-order chi connectivity index (χ1) is 9.22. The van der Waals surface area contributed by atoms with Gasteiger partial charge in [-0.2, -0.15) is 0 Å². The zero-order chi connectivity index (χ0) is 14.1. The van der Waals surface area contributed by atoms with Crippen molar-refractivity contribution >= 4 is 11.6 Å². The van der Waals surface area contributed by atoms with Gasteiger partial charge in [0.2, 0.25) is 0 Å². The van der Waals surface area contributed by atoms with Crippen LogP contribution in [0, 0.1) is 0 Å². The fourth-order valence-corrected chi connectivity index (χ4v) is 2.01. The Morgan fingerprint density at radius 3 is 2.53 bits per heavy atom. The van der Waals surface area contributed by atoms with Crippen molar-refractivity contribution in [3.05, 3.63) is 22.7 Å². The summed E-state index contributed by atoms with van der Waals surface area (Å²) in [5.74, 6) is 1.43. The van der Waals surface area contributed by atoms with Gasteiger partial charge in [-0.15, -0.1) is 0 Å². The Morgan fingerprint density at radius 1 is 1.16 bits per heavy atom. The van der Waals surface area contributed by atoms with E-state index in [1.165, 1.54) is 0 Å². The van der Waals surface area contributed by atoms with E-state index < -0.39 is 0 Å². The van der Waals surface area contributed by atoms with Gasteiger partial charge in [0.25, 0.3) is 0 Å². The molecule has 1 aromatic carbocycles. The average molecular weight is 288 g/mol. The first kappa shape index (κ1) is 16.1. The molecule has 0 heterocycles. The Hall–Kier alpha value is -0.970. The predicted molar refractivity (Wildman–Crippen MR) is 77.4 cm³/mol. The van der Waals surface area contributed by atoms with Gasteiger partial charge >= 0.3 is 0 Å². The largest absolute Gasteiger partial charge is 0.493 e. The van der Waals surface area contributed by atoms with E-state index in [4.69, 9.17) is 25.8 Å². The molecule has 0 bridgehead atoms. The number of unbranched alkanes of at least 4 members (excludes halogenated alkanes) is 1. The summed E-state index contributed by atoms with van der Waals surface area (Å²) >= 11 is 6.06. The highest BCUT2D eigenvalue weighted by atomic mass is 35.5. The lowest BCUT2D eigenvalue weighted by atomic mass is 10.2. The molecular formula is C14H22ClNO3. The van der Waals surface area contributed by atoms with E-state index in [0.29, 0.717) is 23.9 Å². The Labute approximate surface area is 120 Å². The third-order valence-electron chi connectivity index (χ3n) is 2.67. The van der Waals surface area contributed by atoms with Gasteiger partial charge in [-0.05, 0) is 26.0 Å². The van der Waals surface area contributed by atoms with Crippen molar-refractivity contribution in [2.24, 2.45) is 0 Å². The predicted octanol–water partition coefficient (Wildman–Crippen LogP) is 2.87. The summed E-state index contributed by atoms with van der Waals surface area (Å²) in [6.45, 7) is 2.08. The molecule has 1 N–H and O–H groups in total. The fourth-order valence-electron chi connectivity index (χ4n) is 1.78. The average Bonchev–Trinajstić information content (AvgIpc) is 2.40. The van der Waals surface area contributed by atoms with E-state index >= 15 is 0 Å². The van der Waals surface area contributed by atoms with Gasteiger partial charge in [0.05, 0.1) is 13.7 Å². The molecular weight excluding hydrogens is 266 g/mol. The second-order valence-electron chi connectivity index (χ2n) is 4.17. The summed E-state index contributed by atoms with van der Waals surface area (Å²) in [4.78, 5) is 0. The quantitative estimate of drug-likeness (QED) is 0.709. The van der Waals surface area contributed by atoms with Crippen molar-refractivity contribution in [1.29, 1.82) is 0 Å². The molecule has 0 aliphatic carbocycles. The van der Waals surface area contributed by atoms with Gasteiger partial charge in [0, 0.05) is 36.9 Å². The van der Waals surface area contributed by atoms with E-state index in [2.05, 4.69) is 5.32 Å². The summed E-state index contributed by atoms with van der Waals surface area (Å²) in [6.07, 6.45) is 1.92. The molecule has 0 atom stereocenters. The van der Waals surface area contributed by atoms with Crippen LogP contribution in [0.15, 0.2) is 12.1 Å². The Balaban J connectivity index is 2.72. The topological polar surface area (TPSA) is 39.7 Å². The minimum Gasteiger partial charge on any atom is -0.493 e. The lowest BCUT2D eigenvalue weighted by Gasteiger charge is -2.15. The first-order valence-corrected chi connectivity index (χ1v) is 6.73. The second kappa shape index (κ2) is 9.02. The maximum absolute atomic E-state index is 6.06. The van der Waals surface area contributed by atoms with Crippen LogP contribution in [0.3, 0.4) is 0 Å². The van der Waals surface area contributed by atoms with Gasteiger partial charge in [-0.3, -0.25) is 0 Å². The van der Waals surface area contributed by atoms with Crippen LogP contribution in [-0.4, -0.2) is 34.5 Å². The highest BCUT2D eigenvalue weighted by Gasteiger charge is 2.12. The number of nitrogens with one attached hydrogen (secondary N) is 1. The van der Waals surface area contributed by atoms with Crippen LogP contribution in [0.1, 0.15) is 18.4 Å². The van der Waals surface area contributed by atoms with Crippen molar-refractivity contribution in [2.45, 2.75) is 19.4 Å². The van der Waals surface area contributed by atoms with Crippen LogP contribution in [-0.2, 0) is 11.3 Å². The summed E-state index contributed by atoms with van der Waals surface area (Å²) in [7, 11) is 5.20. The molecule has 19 heavy (non-hydrogen) atoms. The maximum Gasteiger partial charge on any atom is 0.165 e. The molecule has 108 valence electrons. The number of rotatable bonds is 9. The molecule has 0 aliphatic rings. The number of halogens is 1. The lowest BCUT2D eigenvalue weighted by Crippen LogP contribution is -2.09. The molecule has 1 aromatic rings.